The third-order valence-corrected chi connectivity index (χ3v) is 5.13. The van der Waals surface area contributed by atoms with Gasteiger partial charge in [0, 0.05) is 0 Å². The molecular weight excluding hydrogens is 474 g/mol. The second kappa shape index (κ2) is 14.1. The van der Waals surface area contributed by atoms with Gasteiger partial charge >= 0.3 is 40.1 Å². The molecule has 0 N–H and O–H groups in total. The molecule has 1 saturated carbocycles. The molecule has 0 heterocycles. The molecule has 0 atom stereocenters. The van der Waals surface area contributed by atoms with Crippen LogP contribution in [0.3, 0.4) is 0 Å². The molecule has 154 valence electrons. The van der Waals surface area contributed by atoms with Crippen molar-refractivity contribution in [3.63, 3.8) is 0 Å². The van der Waals surface area contributed by atoms with Crippen LogP contribution in [-0.4, -0.2) is 4.21 Å². The van der Waals surface area contributed by atoms with E-state index in [0.717, 1.165) is 5.92 Å². The van der Waals surface area contributed by atoms with E-state index in [-0.39, 0.29) is 0 Å². The molecule has 0 radical (unpaired) electrons. The van der Waals surface area contributed by atoms with E-state index in [1.165, 1.54) is 53.6 Å². The second-order valence-electron chi connectivity index (χ2n) is 7.18. The molecule has 5 rings (SSSR count). The van der Waals surface area contributed by atoms with Gasteiger partial charge < -0.3 is 0 Å². The Hall–Kier alpha value is -1.01. The van der Waals surface area contributed by atoms with E-state index in [0.29, 0.717) is 0 Å². The monoisotopic (exact) mass is 502 g/mol. The largest absolute Gasteiger partial charge is 0.214 e. The number of hydrogen-bond donors (Lipinski definition) is 0. The van der Waals surface area contributed by atoms with Crippen molar-refractivity contribution in [1.29, 1.82) is 0 Å². The molecule has 1 fully saturated rings. The fraction of sp³-hybridized carbons (Fsp3) is 0.269. The summed E-state index contributed by atoms with van der Waals surface area (Å²) in [6, 6.07) is 29.3. The zero-order valence-corrected chi connectivity index (χ0v) is 21.1. The Kier molecular flexibility index (Phi) is 11.8. The van der Waals surface area contributed by atoms with Gasteiger partial charge in [-0.15, -0.1) is 39.7 Å². The minimum absolute atomic E-state index is 1.10. The summed E-state index contributed by atoms with van der Waals surface area (Å²) >= 11 is -1.85. The predicted molar refractivity (Wildman–Crippen MR) is 130 cm³/mol. The Morgan fingerprint density at radius 1 is 0.862 bits per heavy atom. The number of hydrogen-bond acceptors (Lipinski definition) is 0. The van der Waals surface area contributed by atoms with E-state index < -0.39 is 18.9 Å². The van der Waals surface area contributed by atoms with Crippen LogP contribution in [0.15, 0.2) is 84.9 Å². The van der Waals surface area contributed by atoms with E-state index in [1.807, 2.05) is 30.3 Å². The van der Waals surface area contributed by atoms with Crippen molar-refractivity contribution in [3.05, 3.63) is 84.9 Å². The zero-order valence-electron chi connectivity index (χ0n) is 17.2. The molecule has 3 heteroatoms. The van der Waals surface area contributed by atoms with Gasteiger partial charge in [-0.2, -0.15) is 18.2 Å². The Labute approximate surface area is 190 Å². The van der Waals surface area contributed by atoms with Crippen molar-refractivity contribution in [2.24, 2.45) is 5.92 Å². The number of fused-ring (bicyclic) bond motifs is 3. The maximum atomic E-state index is 5.13. The number of halogens is 2. The summed E-state index contributed by atoms with van der Waals surface area (Å²) in [5.74, 6) is 1.10. The average Bonchev–Trinajstić information content (AvgIpc) is 3.50. The van der Waals surface area contributed by atoms with Crippen molar-refractivity contribution in [1.82, 2.24) is 0 Å². The fourth-order valence-electron chi connectivity index (χ4n) is 3.64. The first-order chi connectivity index (χ1) is 14.1. The molecule has 0 nitrogen and oxygen atoms in total. The van der Waals surface area contributed by atoms with Crippen LogP contribution >= 0.6 is 17.0 Å². The second-order valence-corrected chi connectivity index (χ2v) is 15.4. The minimum atomic E-state index is -1.85. The van der Waals surface area contributed by atoms with Gasteiger partial charge in [-0.25, -0.2) is 12.1 Å². The van der Waals surface area contributed by atoms with Crippen LogP contribution in [0.5, 0.6) is 0 Å². The van der Waals surface area contributed by atoms with E-state index >= 15 is 0 Å². The summed E-state index contributed by atoms with van der Waals surface area (Å²) in [4.78, 5) is 0. The molecule has 1 aliphatic carbocycles. The maximum absolute atomic E-state index is 5.13. The molecule has 0 amide bonds. The topological polar surface area (TPSA) is 0 Å². The van der Waals surface area contributed by atoms with E-state index in [4.69, 9.17) is 17.0 Å². The molecule has 0 bridgehead atoms. The Balaban J connectivity index is 0.000000158. The molecular formula is C26H30Cl2Zr-2. The first-order valence-corrected chi connectivity index (χ1v) is 18.4. The van der Waals surface area contributed by atoms with Crippen LogP contribution in [0.4, 0.5) is 0 Å². The van der Waals surface area contributed by atoms with E-state index in [1.54, 1.807) is 0 Å². The normalized spacial score (nSPS) is 12.9. The van der Waals surface area contributed by atoms with Crippen LogP contribution in [0.2, 0.25) is 0 Å². The number of rotatable bonds is 1. The van der Waals surface area contributed by atoms with Crippen LogP contribution < -0.4 is 0 Å². The SMILES string of the molecule is CCC1CCCC1.[CH2]=[Zr]([Cl])[Cl].c1cc[cH-]c1.c1ccc2c(c1)[cH-]c1ccccc12. The summed E-state index contributed by atoms with van der Waals surface area (Å²) < 4.78 is 3.37. The third-order valence-electron chi connectivity index (χ3n) is 5.13. The third kappa shape index (κ3) is 9.12. The molecule has 0 unspecified atom stereocenters. The van der Waals surface area contributed by atoms with Crippen LogP contribution in [0, 0.1) is 5.92 Å². The molecule has 4 aromatic rings. The Bertz CT molecular complexity index is 876. The van der Waals surface area contributed by atoms with Crippen molar-refractivity contribution in [3.8, 4) is 0 Å². The first-order valence-electron chi connectivity index (χ1n) is 10.3. The molecule has 0 spiro atoms. The molecule has 4 aromatic carbocycles. The first kappa shape index (κ1) is 24.3. The standard InChI is InChI=1S/C13H9.C7H14.C5H5.CH2.2ClH.Zr/c1-3-7-12-10(5-1)9-11-6-2-4-8-13(11)12;1-2-7-5-3-4-6-7;1-2-4-5-3-1;;;;/h1-9H;7H,2-6H2,1H3;1-5H;1H2;2*1H;/q-1;;-1;;;;+2/p-2. The summed E-state index contributed by atoms with van der Waals surface area (Å²) in [5, 5.41) is 5.39. The molecule has 0 aliphatic heterocycles. The van der Waals surface area contributed by atoms with Crippen LogP contribution in [0.25, 0.3) is 21.5 Å². The van der Waals surface area contributed by atoms with E-state index in [2.05, 4.69) is 65.7 Å². The molecule has 0 saturated heterocycles. The maximum Gasteiger partial charge on any atom is -0.0771 e. The molecule has 29 heavy (non-hydrogen) atoms. The molecule has 1 aliphatic rings. The van der Waals surface area contributed by atoms with Gasteiger partial charge in [-0.05, 0) is 5.92 Å². The summed E-state index contributed by atoms with van der Waals surface area (Å²) in [7, 11) is 10.3. The quantitative estimate of drug-likeness (QED) is 0.227. The van der Waals surface area contributed by atoms with Crippen molar-refractivity contribution in [2.45, 2.75) is 39.0 Å². The van der Waals surface area contributed by atoms with Crippen LogP contribution in [-0.2, 0) is 18.9 Å². The van der Waals surface area contributed by atoms with Gasteiger partial charge in [0.1, 0.15) is 0 Å². The van der Waals surface area contributed by atoms with Crippen molar-refractivity contribution < 1.29 is 18.9 Å². The van der Waals surface area contributed by atoms with Gasteiger partial charge in [0.05, 0.1) is 0 Å². The smallest absolute Gasteiger partial charge is 0.0771 e. The van der Waals surface area contributed by atoms with Crippen LogP contribution in [0.1, 0.15) is 39.0 Å². The van der Waals surface area contributed by atoms with Crippen molar-refractivity contribution >= 4 is 42.8 Å². The zero-order chi connectivity index (χ0) is 20.9. The summed E-state index contributed by atoms with van der Waals surface area (Å²) in [6.45, 7) is 2.30. The summed E-state index contributed by atoms with van der Waals surface area (Å²) in [6.07, 6.45) is 7.43. The number of benzene rings is 2. The van der Waals surface area contributed by atoms with Gasteiger partial charge in [-0.3, -0.25) is 0 Å². The van der Waals surface area contributed by atoms with Gasteiger partial charge in [0.25, 0.3) is 0 Å². The predicted octanol–water partition coefficient (Wildman–Crippen LogP) is 9.05. The fourth-order valence-corrected chi connectivity index (χ4v) is 3.64. The van der Waals surface area contributed by atoms with Gasteiger partial charge in [-0.1, -0.05) is 75.4 Å². The minimum Gasteiger partial charge on any atom is -0.214 e. The van der Waals surface area contributed by atoms with Gasteiger partial charge in [0.15, 0.2) is 0 Å². The summed E-state index contributed by atoms with van der Waals surface area (Å²) in [5.41, 5.74) is 0. The van der Waals surface area contributed by atoms with Crippen molar-refractivity contribution in [2.75, 3.05) is 0 Å². The Morgan fingerprint density at radius 3 is 1.66 bits per heavy atom. The molecule has 0 aromatic heterocycles. The average molecular weight is 505 g/mol. The van der Waals surface area contributed by atoms with E-state index in [9.17, 15) is 0 Å². The Morgan fingerprint density at radius 2 is 1.31 bits per heavy atom. The van der Waals surface area contributed by atoms with Gasteiger partial charge in [0.2, 0.25) is 0 Å².